The summed E-state index contributed by atoms with van der Waals surface area (Å²) in [5, 5.41) is 6.20. The molecule has 1 aliphatic carbocycles. The second kappa shape index (κ2) is 12.0. The predicted octanol–water partition coefficient (Wildman–Crippen LogP) is 3.67. The maximum absolute atomic E-state index is 15.1. The van der Waals surface area contributed by atoms with Crippen LogP contribution in [-0.4, -0.2) is 80.8 Å². The lowest BCUT2D eigenvalue weighted by Crippen LogP contribution is -2.58. The van der Waals surface area contributed by atoms with Crippen LogP contribution in [0.25, 0.3) is 10.1 Å². The van der Waals surface area contributed by atoms with Crippen molar-refractivity contribution in [2.45, 2.75) is 68.4 Å². The Kier molecular flexibility index (Phi) is 8.11. The number of benzene rings is 1. The highest BCUT2D eigenvalue weighted by Gasteiger charge is 2.51. The van der Waals surface area contributed by atoms with Gasteiger partial charge in [0.1, 0.15) is 18.3 Å². The van der Waals surface area contributed by atoms with Gasteiger partial charge in [0.05, 0.1) is 29.3 Å². The van der Waals surface area contributed by atoms with Crippen LogP contribution in [0.2, 0.25) is 0 Å². The second-order valence-corrected chi connectivity index (χ2v) is 15.5. The van der Waals surface area contributed by atoms with Gasteiger partial charge < -0.3 is 30.2 Å². The number of fused-ring (bicyclic) bond motifs is 3. The molecule has 3 amide bonds. The van der Waals surface area contributed by atoms with Crippen molar-refractivity contribution in [3.63, 3.8) is 0 Å². The van der Waals surface area contributed by atoms with Gasteiger partial charge in [-0.2, -0.15) is 0 Å². The summed E-state index contributed by atoms with van der Waals surface area (Å²) in [5.74, 6) is -2.98. The number of rotatable bonds is 7. The Balaban J connectivity index is 1.06. The Morgan fingerprint density at radius 3 is 2.63 bits per heavy atom. The van der Waals surface area contributed by atoms with Crippen molar-refractivity contribution >= 4 is 52.4 Å². The van der Waals surface area contributed by atoms with Gasteiger partial charge in [0.15, 0.2) is 0 Å². The molecule has 11 nitrogen and oxygen atoms in total. The molecule has 5 heterocycles. The lowest BCUT2D eigenvalue weighted by atomic mass is 9.99. The average molecular weight is 674 g/mol. The van der Waals surface area contributed by atoms with Gasteiger partial charge in [0.2, 0.25) is 17.7 Å². The van der Waals surface area contributed by atoms with Crippen LogP contribution in [0.3, 0.4) is 0 Å². The highest BCUT2D eigenvalue weighted by molar-refractivity contribution is 7.51. The zero-order valence-corrected chi connectivity index (χ0v) is 26.4. The first-order valence-corrected chi connectivity index (χ1v) is 17.9. The Labute approximate surface area is 267 Å². The highest BCUT2D eigenvalue weighted by atomic mass is 32.1. The summed E-state index contributed by atoms with van der Waals surface area (Å²) in [6.07, 6.45) is 5.32. The second-order valence-electron chi connectivity index (χ2n) is 12.8. The molecule has 4 aliphatic rings. The minimum atomic E-state index is -4.99. The Bertz CT molecular complexity index is 1720. The van der Waals surface area contributed by atoms with Crippen LogP contribution in [0.15, 0.2) is 48.8 Å². The Morgan fingerprint density at radius 2 is 1.87 bits per heavy atom. The van der Waals surface area contributed by atoms with Gasteiger partial charge in [0, 0.05) is 23.5 Å². The molecule has 3 aliphatic heterocycles. The Hall–Kier alpha value is -3.45. The van der Waals surface area contributed by atoms with Crippen molar-refractivity contribution in [3.05, 3.63) is 59.2 Å². The van der Waals surface area contributed by atoms with Crippen molar-refractivity contribution in [2.75, 3.05) is 18.0 Å². The third kappa shape index (κ3) is 6.03. The lowest BCUT2D eigenvalue weighted by Gasteiger charge is -2.35. The monoisotopic (exact) mass is 673 g/mol. The maximum atomic E-state index is 15.1. The number of nitrogens with zero attached hydrogens (tertiary/aromatic N) is 3. The number of thiophene rings is 1. The summed E-state index contributed by atoms with van der Waals surface area (Å²) in [6, 6.07) is 6.72. The molecule has 0 radical (unpaired) electrons. The fraction of sp³-hybridized carbons (Fsp3) is 0.484. The first kappa shape index (κ1) is 31.2. The summed E-state index contributed by atoms with van der Waals surface area (Å²) in [4.78, 5) is 67.4. The van der Waals surface area contributed by atoms with E-state index in [1.165, 1.54) is 24.3 Å². The van der Waals surface area contributed by atoms with E-state index in [0.29, 0.717) is 41.2 Å². The van der Waals surface area contributed by atoms with Crippen LogP contribution in [0.1, 0.15) is 53.3 Å². The molecule has 1 aromatic carbocycles. The lowest BCUT2D eigenvalue weighted by molar-refractivity contribution is -0.143. The number of nitrogens with one attached hydrogen (secondary N) is 2. The smallest absolute Gasteiger partial charge is 0.363 e. The molecule has 4 fully saturated rings. The third-order valence-electron chi connectivity index (χ3n) is 9.77. The van der Waals surface area contributed by atoms with Crippen molar-refractivity contribution in [1.82, 2.24) is 20.5 Å². The molecule has 46 heavy (non-hydrogen) atoms. The molecular formula is C31H34F2N5O6PS. The fourth-order valence-electron chi connectivity index (χ4n) is 7.32. The number of amides is 3. The molecule has 8 atom stereocenters. The average Bonchev–Trinajstić information content (AvgIpc) is 3.33. The molecule has 4 N–H and O–H groups in total. The van der Waals surface area contributed by atoms with Gasteiger partial charge in [-0.15, -0.1) is 11.3 Å². The molecule has 0 spiro atoms. The highest BCUT2D eigenvalue weighted by Crippen LogP contribution is 2.53. The predicted molar refractivity (Wildman–Crippen MR) is 167 cm³/mol. The number of pyridine rings is 1. The van der Waals surface area contributed by atoms with Crippen molar-refractivity contribution in [3.8, 4) is 0 Å². The Morgan fingerprint density at radius 1 is 1.07 bits per heavy atom. The van der Waals surface area contributed by atoms with E-state index < -0.39 is 49.6 Å². The minimum absolute atomic E-state index is 0.126. The van der Waals surface area contributed by atoms with E-state index in [1.54, 1.807) is 23.4 Å². The number of aromatic nitrogens is 1. The standard InChI is InChI=1S/C31H34F2N5O6PS/c32-22-14-37(21-2-1-7-34-13-21)15-24(22)36-29(39)25-5-4-20-10-17-9-18(17)11-23(31(41)38(20)25)35-30(40)27-12-19-8-16(3-6-26(19)46-27)28(33)45(42,43)44/h1-3,6-8,12-13,17-18,20,22-25,28H,4-5,9-11,14-15H2,(H,35,40)(H,36,39)(H2,42,43,44)/t17-,18+,20+,22-,23-,24-,25-,28?/m0/s1. The summed E-state index contributed by atoms with van der Waals surface area (Å²) in [5.41, 5.74) is 0.581. The molecule has 1 saturated carbocycles. The number of hydrogen-bond acceptors (Lipinski definition) is 7. The van der Waals surface area contributed by atoms with E-state index in [2.05, 4.69) is 15.6 Å². The minimum Gasteiger partial charge on any atom is -0.365 e. The molecule has 244 valence electrons. The molecule has 7 rings (SSSR count). The van der Waals surface area contributed by atoms with Gasteiger partial charge in [-0.25, -0.2) is 8.78 Å². The molecule has 0 bridgehead atoms. The molecule has 3 saturated heterocycles. The van der Waals surface area contributed by atoms with E-state index in [1.807, 2.05) is 11.0 Å². The number of hydrogen-bond donors (Lipinski definition) is 4. The summed E-state index contributed by atoms with van der Waals surface area (Å²) < 4.78 is 41.4. The quantitative estimate of drug-likeness (QED) is 0.278. The zero-order chi connectivity index (χ0) is 32.3. The number of carbonyl (C=O) groups excluding carboxylic acids is 3. The van der Waals surface area contributed by atoms with E-state index in [9.17, 15) is 33.1 Å². The number of halogens is 2. The van der Waals surface area contributed by atoms with Gasteiger partial charge in [-0.05, 0) is 85.2 Å². The van der Waals surface area contributed by atoms with Gasteiger partial charge in [0.25, 0.3) is 5.91 Å². The van der Waals surface area contributed by atoms with E-state index in [0.717, 1.165) is 29.9 Å². The normalized spacial score (nSPS) is 29.9. The first-order chi connectivity index (χ1) is 22.0. The van der Waals surface area contributed by atoms with Crippen LogP contribution in [0.4, 0.5) is 14.5 Å². The molecule has 2 aromatic heterocycles. The summed E-state index contributed by atoms with van der Waals surface area (Å²) in [7, 11) is -4.99. The van der Waals surface area contributed by atoms with Gasteiger partial charge in [-0.3, -0.25) is 23.9 Å². The van der Waals surface area contributed by atoms with Crippen LogP contribution < -0.4 is 15.5 Å². The van der Waals surface area contributed by atoms with E-state index in [-0.39, 0.29) is 35.5 Å². The van der Waals surface area contributed by atoms with Crippen molar-refractivity contribution < 1.29 is 37.5 Å². The van der Waals surface area contributed by atoms with Gasteiger partial charge in [-0.1, -0.05) is 6.07 Å². The molecular weight excluding hydrogens is 639 g/mol. The van der Waals surface area contributed by atoms with Crippen LogP contribution >= 0.6 is 18.9 Å². The topological polar surface area (TPSA) is 152 Å². The summed E-state index contributed by atoms with van der Waals surface area (Å²) >= 11 is 1.12. The van der Waals surface area contributed by atoms with Crippen molar-refractivity contribution in [2.24, 2.45) is 11.8 Å². The number of alkyl halides is 2. The SMILES string of the molecule is O=C(N[C@H]1C[C@H]2C[C@H]2C[C@H]2CC[C@@H](C(=O)N[C@H]3CN(c4cccnc4)C[C@@H]3F)N2C1=O)c1cc2cc(C(F)P(=O)(O)O)ccc2s1. The number of anilines is 1. The number of carbonyl (C=O) groups is 3. The van der Waals surface area contributed by atoms with Gasteiger partial charge >= 0.3 is 7.60 Å². The third-order valence-corrected chi connectivity index (χ3v) is 11.8. The molecule has 15 heteroatoms. The fourth-order valence-corrected chi connectivity index (χ4v) is 8.82. The van der Waals surface area contributed by atoms with E-state index >= 15 is 4.39 Å². The van der Waals surface area contributed by atoms with E-state index in [4.69, 9.17) is 0 Å². The molecule has 1 unspecified atom stereocenters. The van der Waals surface area contributed by atoms with Crippen LogP contribution in [-0.2, 0) is 14.2 Å². The first-order valence-electron chi connectivity index (χ1n) is 15.4. The van der Waals surface area contributed by atoms with Crippen LogP contribution in [0.5, 0.6) is 0 Å². The maximum Gasteiger partial charge on any atom is 0.363 e. The summed E-state index contributed by atoms with van der Waals surface area (Å²) in [6.45, 7) is 0.411. The molecule has 3 aromatic rings. The van der Waals surface area contributed by atoms with Crippen LogP contribution in [0, 0.1) is 11.8 Å². The zero-order valence-electron chi connectivity index (χ0n) is 24.7. The van der Waals surface area contributed by atoms with Crippen molar-refractivity contribution in [1.29, 1.82) is 0 Å². The largest absolute Gasteiger partial charge is 0.365 e.